The van der Waals surface area contributed by atoms with Crippen molar-refractivity contribution >= 4 is 17.8 Å². The molecule has 2 heterocycles. The van der Waals surface area contributed by atoms with E-state index in [0.717, 1.165) is 0 Å². The molecular formula is C19H24N2O6. The summed E-state index contributed by atoms with van der Waals surface area (Å²) in [7, 11) is 1.54. The van der Waals surface area contributed by atoms with E-state index in [0.29, 0.717) is 43.9 Å². The number of carboxylic acid groups (broad SMARTS) is 2. The van der Waals surface area contributed by atoms with Crippen molar-refractivity contribution in [2.24, 2.45) is 11.3 Å². The van der Waals surface area contributed by atoms with Gasteiger partial charge in [0.25, 0.3) is 5.91 Å². The average molecular weight is 376 g/mol. The number of carbonyl (C=O) groups is 3. The van der Waals surface area contributed by atoms with Gasteiger partial charge in [-0.15, -0.1) is 0 Å². The van der Waals surface area contributed by atoms with E-state index in [1.165, 1.54) is 0 Å². The van der Waals surface area contributed by atoms with Crippen LogP contribution in [0.1, 0.15) is 23.2 Å². The highest BCUT2D eigenvalue weighted by atomic mass is 16.5. The topological polar surface area (TPSA) is 107 Å². The van der Waals surface area contributed by atoms with Crippen molar-refractivity contribution in [3.8, 4) is 5.75 Å². The molecule has 0 aliphatic carbocycles. The van der Waals surface area contributed by atoms with Crippen LogP contribution in [-0.2, 0) is 9.59 Å². The Bertz CT molecular complexity index is 751. The summed E-state index contributed by atoms with van der Waals surface area (Å²) in [6.07, 6.45) is 0.448. The van der Waals surface area contributed by atoms with E-state index in [1.54, 1.807) is 36.3 Å². The lowest BCUT2D eigenvalue weighted by Gasteiger charge is -2.28. The number of carbonyl (C=O) groups excluding carboxylic acids is 1. The number of hydrogen-bond donors (Lipinski definition) is 2. The van der Waals surface area contributed by atoms with Crippen LogP contribution in [-0.4, -0.2) is 77.7 Å². The molecule has 0 aromatic heterocycles. The molecule has 8 nitrogen and oxygen atoms in total. The number of ether oxygens (including phenoxy) is 1. The highest BCUT2D eigenvalue weighted by molar-refractivity contribution is 5.95. The molecule has 0 bridgehead atoms. The number of methoxy groups -OCH3 is 1. The SMILES string of the molecule is COc1cccc(C(=O)N2CC3CN(CC(=O)O)CC3(CCC(=O)O)C2)c1. The molecule has 0 radical (unpaired) electrons. The Morgan fingerprint density at radius 1 is 1.19 bits per heavy atom. The maximum absolute atomic E-state index is 12.9. The van der Waals surface area contributed by atoms with Gasteiger partial charge in [0, 0.05) is 43.6 Å². The van der Waals surface area contributed by atoms with Crippen molar-refractivity contribution in [3.05, 3.63) is 29.8 Å². The molecule has 146 valence electrons. The fourth-order valence-corrected chi connectivity index (χ4v) is 4.41. The first-order valence-corrected chi connectivity index (χ1v) is 8.92. The van der Waals surface area contributed by atoms with E-state index in [4.69, 9.17) is 14.9 Å². The quantitative estimate of drug-likeness (QED) is 0.731. The Kier molecular flexibility index (Phi) is 5.36. The summed E-state index contributed by atoms with van der Waals surface area (Å²) in [6.45, 7) is 1.95. The maximum Gasteiger partial charge on any atom is 0.317 e. The Hall–Kier alpha value is -2.61. The van der Waals surface area contributed by atoms with Crippen molar-refractivity contribution in [1.82, 2.24) is 9.80 Å². The fraction of sp³-hybridized carbons (Fsp3) is 0.526. The van der Waals surface area contributed by atoms with Gasteiger partial charge >= 0.3 is 11.9 Å². The molecule has 0 spiro atoms. The van der Waals surface area contributed by atoms with Gasteiger partial charge in [0.15, 0.2) is 0 Å². The fourth-order valence-electron chi connectivity index (χ4n) is 4.41. The third kappa shape index (κ3) is 4.05. The maximum atomic E-state index is 12.9. The Morgan fingerprint density at radius 2 is 1.96 bits per heavy atom. The standard InChI is InChI=1S/C19H24N2O6/c1-27-15-4-2-3-13(7-15)18(26)21-9-14-8-20(10-17(24)25)11-19(14,12-21)6-5-16(22)23/h2-4,7,14H,5-6,8-12H2,1H3,(H,22,23)(H,24,25). The second-order valence-corrected chi connectivity index (χ2v) is 7.43. The molecule has 2 aliphatic heterocycles. The van der Waals surface area contributed by atoms with Crippen molar-refractivity contribution in [3.63, 3.8) is 0 Å². The normalized spacial score (nSPS) is 24.6. The van der Waals surface area contributed by atoms with Gasteiger partial charge in [-0.05, 0) is 30.5 Å². The third-order valence-corrected chi connectivity index (χ3v) is 5.63. The van der Waals surface area contributed by atoms with E-state index in [-0.39, 0.29) is 30.2 Å². The number of hydrogen-bond acceptors (Lipinski definition) is 5. The van der Waals surface area contributed by atoms with Crippen LogP contribution in [0.25, 0.3) is 0 Å². The lowest BCUT2D eigenvalue weighted by atomic mass is 9.77. The average Bonchev–Trinajstić information content (AvgIpc) is 3.12. The van der Waals surface area contributed by atoms with Crippen molar-refractivity contribution < 1.29 is 29.3 Å². The van der Waals surface area contributed by atoms with Gasteiger partial charge in [0.2, 0.25) is 0 Å². The number of carboxylic acids is 2. The molecule has 27 heavy (non-hydrogen) atoms. The van der Waals surface area contributed by atoms with Gasteiger partial charge in [0.1, 0.15) is 5.75 Å². The predicted octanol–water partition coefficient (Wildman–Crippen LogP) is 1.02. The van der Waals surface area contributed by atoms with Crippen LogP contribution in [0.3, 0.4) is 0 Å². The molecule has 2 saturated heterocycles. The monoisotopic (exact) mass is 376 g/mol. The van der Waals surface area contributed by atoms with Gasteiger partial charge in [-0.3, -0.25) is 19.3 Å². The van der Waals surface area contributed by atoms with Crippen LogP contribution in [0.2, 0.25) is 0 Å². The second kappa shape index (κ2) is 7.56. The number of fused-ring (bicyclic) bond motifs is 1. The summed E-state index contributed by atoms with van der Waals surface area (Å²) >= 11 is 0. The minimum absolute atomic E-state index is 0.0125. The van der Waals surface area contributed by atoms with Gasteiger partial charge in [-0.2, -0.15) is 0 Å². The molecular weight excluding hydrogens is 352 g/mol. The molecule has 2 aliphatic rings. The molecule has 2 atom stereocenters. The predicted molar refractivity (Wildman–Crippen MR) is 95.8 cm³/mol. The number of rotatable bonds is 7. The summed E-state index contributed by atoms with van der Waals surface area (Å²) in [5.41, 5.74) is 0.160. The van der Waals surface area contributed by atoms with Crippen molar-refractivity contribution in [1.29, 1.82) is 0 Å². The van der Waals surface area contributed by atoms with Crippen LogP contribution in [0, 0.1) is 11.3 Å². The van der Waals surface area contributed by atoms with E-state index >= 15 is 0 Å². The van der Waals surface area contributed by atoms with Gasteiger partial charge in [0.05, 0.1) is 13.7 Å². The van der Waals surface area contributed by atoms with Crippen LogP contribution in [0.15, 0.2) is 24.3 Å². The van der Waals surface area contributed by atoms with E-state index in [9.17, 15) is 14.4 Å². The molecule has 1 amide bonds. The largest absolute Gasteiger partial charge is 0.497 e. The van der Waals surface area contributed by atoms with Crippen molar-refractivity contribution in [2.45, 2.75) is 12.8 Å². The lowest BCUT2D eigenvalue weighted by molar-refractivity contribution is -0.139. The van der Waals surface area contributed by atoms with Gasteiger partial charge < -0.3 is 19.8 Å². The van der Waals surface area contributed by atoms with Gasteiger partial charge in [-0.25, -0.2) is 0 Å². The molecule has 8 heteroatoms. The Balaban J connectivity index is 1.77. The van der Waals surface area contributed by atoms with Crippen LogP contribution < -0.4 is 4.74 Å². The van der Waals surface area contributed by atoms with Crippen LogP contribution >= 0.6 is 0 Å². The molecule has 1 aromatic rings. The molecule has 3 rings (SSSR count). The third-order valence-electron chi connectivity index (χ3n) is 5.63. The summed E-state index contributed by atoms with van der Waals surface area (Å²) in [6, 6.07) is 6.96. The summed E-state index contributed by atoms with van der Waals surface area (Å²) in [5.74, 6) is -1.20. The summed E-state index contributed by atoms with van der Waals surface area (Å²) < 4.78 is 5.18. The van der Waals surface area contributed by atoms with Gasteiger partial charge in [-0.1, -0.05) is 6.07 Å². The number of amides is 1. The summed E-state index contributed by atoms with van der Waals surface area (Å²) in [5, 5.41) is 18.2. The van der Waals surface area contributed by atoms with E-state index in [2.05, 4.69) is 0 Å². The molecule has 2 fully saturated rings. The van der Waals surface area contributed by atoms with Crippen LogP contribution in [0.5, 0.6) is 5.75 Å². The Labute approximate surface area is 157 Å². The number of aliphatic carboxylic acids is 2. The number of likely N-dealkylation sites (tertiary alicyclic amines) is 2. The minimum Gasteiger partial charge on any atom is -0.497 e. The van der Waals surface area contributed by atoms with E-state index in [1.807, 2.05) is 4.90 Å². The first-order chi connectivity index (χ1) is 12.8. The first-order valence-electron chi connectivity index (χ1n) is 8.92. The zero-order chi connectivity index (χ0) is 19.6. The zero-order valence-corrected chi connectivity index (χ0v) is 15.3. The molecule has 2 N–H and O–H groups in total. The molecule has 0 saturated carbocycles. The van der Waals surface area contributed by atoms with Crippen LogP contribution in [0.4, 0.5) is 0 Å². The molecule has 2 unspecified atom stereocenters. The number of nitrogens with zero attached hydrogens (tertiary/aromatic N) is 2. The minimum atomic E-state index is -0.896. The molecule has 1 aromatic carbocycles. The van der Waals surface area contributed by atoms with Crippen molar-refractivity contribution in [2.75, 3.05) is 39.8 Å². The smallest absolute Gasteiger partial charge is 0.317 e. The second-order valence-electron chi connectivity index (χ2n) is 7.43. The highest BCUT2D eigenvalue weighted by Crippen LogP contribution is 2.46. The summed E-state index contributed by atoms with van der Waals surface area (Å²) in [4.78, 5) is 38.7. The lowest BCUT2D eigenvalue weighted by Crippen LogP contribution is -2.38. The first kappa shape index (κ1) is 19.2. The zero-order valence-electron chi connectivity index (χ0n) is 15.3. The highest BCUT2D eigenvalue weighted by Gasteiger charge is 2.53. The number of benzene rings is 1. The Morgan fingerprint density at radius 3 is 2.63 bits per heavy atom. The van der Waals surface area contributed by atoms with E-state index < -0.39 is 11.9 Å².